The van der Waals surface area contributed by atoms with Crippen LogP contribution in [-0.4, -0.2) is 35.1 Å². The Kier molecular flexibility index (Phi) is 3.96. The molecule has 0 radical (unpaired) electrons. The molecule has 2 rings (SSSR count). The Hall–Kier alpha value is -0.570. The van der Waals surface area contributed by atoms with Gasteiger partial charge in [0.1, 0.15) is 0 Å². The van der Waals surface area contributed by atoms with Crippen molar-refractivity contribution in [3.63, 3.8) is 0 Å². The second-order valence-corrected chi connectivity index (χ2v) is 8.97. The van der Waals surface area contributed by atoms with Crippen molar-refractivity contribution in [2.45, 2.75) is 72.8 Å². The maximum Gasteiger partial charge on any atom is 0.309 e. The maximum absolute atomic E-state index is 11.3. The number of carbonyl (C=O) groups is 1. The average molecular weight is 281 g/mol. The first-order valence-corrected chi connectivity index (χ1v) is 8.01. The number of nitrogens with zero attached hydrogens (tertiary/aromatic N) is 1. The zero-order valence-corrected chi connectivity index (χ0v) is 13.8. The highest BCUT2D eigenvalue weighted by molar-refractivity contribution is 5.74. The molecule has 0 bridgehead atoms. The minimum atomic E-state index is -0.624. The van der Waals surface area contributed by atoms with Gasteiger partial charge in [-0.3, -0.25) is 4.79 Å². The van der Waals surface area contributed by atoms with Crippen LogP contribution in [0.25, 0.3) is 0 Å². The molecular weight excluding hydrogens is 250 g/mol. The highest BCUT2D eigenvalue weighted by Gasteiger charge is 2.43. The second-order valence-electron chi connectivity index (χ2n) is 8.97. The van der Waals surface area contributed by atoms with Crippen molar-refractivity contribution in [1.82, 2.24) is 4.90 Å². The second kappa shape index (κ2) is 5.01. The standard InChI is InChI=1S/C17H31NO2/c1-15(2)10-13(11-16(3,4)12-15)18-8-6-17(5,7-9-18)14(19)20/h13H,6-12H2,1-5H3,(H,19,20). The van der Waals surface area contributed by atoms with E-state index in [2.05, 4.69) is 32.6 Å². The Labute approximate surface area is 123 Å². The smallest absolute Gasteiger partial charge is 0.309 e. The third kappa shape index (κ3) is 3.36. The minimum absolute atomic E-state index is 0.403. The Balaban J connectivity index is 2.02. The molecule has 1 aliphatic heterocycles. The Morgan fingerprint density at radius 3 is 1.85 bits per heavy atom. The summed E-state index contributed by atoms with van der Waals surface area (Å²) in [5.74, 6) is -0.624. The molecule has 0 aromatic carbocycles. The van der Waals surface area contributed by atoms with E-state index in [1.54, 1.807) is 0 Å². The first-order valence-electron chi connectivity index (χ1n) is 8.01. The van der Waals surface area contributed by atoms with Crippen molar-refractivity contribution in [1.29, 1.82) is 0 Å². The maximum atomic E-state index is 11.3. The minimum Gasteiger partial charge on any atom is -0.481 e. The summed E-state index contributed by atoms with van der Waals surface area (Å²) >= 11 is 0. The summed E-state index contributed by atoms with van der Waals surface area (Å²) in [5.41, 5.74) is 0.302. The van der Waals surface area contributed by atoms with Crippen LogP contribution in [0, 0.1) is 16.2 Å². The van der Waals surface area contributed by atoms with Crippen molar-refractivity contribution in [3.8, 4) is 0 Å². The molecule has 1 saturated carbocycles. The van der Waals surface area contributed by atoms with Crippen molar-refractivity contribution in [3.05, 3.63) is 0 Å². The molecule has 116 valence electrons. The van der Waals surface area contributed by atoms with Gasteiger partial charge in [0.2, 0.25) is 0 Å². The predicted molar refractivity (Wildman–Crippen MR) is 81.8 cm³/mol. The van der Waals surface area contributed by atoms with Crippen LogP contribution in [-0.2, 0) is 4.79 Å². The predicted octanol–water partition coefficient (Wildman–Crippen LogP) is 3.78. The van der Waals surface area contributed by atoms with Crippen LogP contribution in [0.5, 0.6) is 0 Å². The van der Waals surface area contributed by atoms with Crippen molar-refractivity contribution in [2.75, 3.05) is 13.1 Å². The summed E-state index contributed by atoms with van der Waals surface area (Å²) in [7, 11) is 0. The Bertz CT molecular complexity index is 362. The summed E-state index contributed by atoms with van der Waals surface area (Å²) in [6, 6.07) is 0.632. The van der Waals surface area contributed by atoms with Gasteiger partial charge in [-0.05, 0) is 62.9 Å². The molecule has 2 fully saturated rings. The summed E-state index contributed by atoms with van der Waals surface area (Å²) in [6.07, 6.45) is 5.37. The summed E-state index contributed by atoms with van der Waals surface area (Å²) in [5, 5.41) is 9.34. The van der Waals surface area contributed by atoms with Gasteiger partial charge in [0.05, 0.1) is 5.41 Å². The normalized spacial score (nSPS) is 30.1. The lowest BCUT2D eigenvalue weighted by Crippen LogP contribution is -2.51. The van der Waals surface area contributed by atoms with Gasteiger partial charge in [-0.2, -0.15) is 0 Å². The van der Waals surface area contributed by atoms with E-state index in [0.29, 0.717) is 16.9 Å². The lowest BCUT2D eigenvalue weighted by molar-refractivity contribution is -0.151. The van der Waals surface area contributed by atoms with Crippen molar-refractivity contribution >= 4 is 5.97 Å². The fraction of sp³-hybridized carbons (Fsp3) is 0.941. The summed E-state index contributed by atoms with van der Waals surface area (Å²) in [6.45, 7) is 13.3. The zero-order chi connectivity index (χ0) is 15.2. The molecule has 0 aromatic heterocycles. The quantitative estimate of drug-likeness (QED) is 0.837. The molecule has 0 unspecified atom stereocenters. The molecule has 2 aliphatic rings. The SMILES string of the molecule is CC1(C)CC(N2CCC(C)(C(=O)O)CC2)CC(C)(C)C1. The average Bonchev–Trinajstić information content (AvgIpc) is 2.25. The van der Waals surface area contributed by atoms with Crippen molar-refractivity contribution in [2.24, 2.45) is 16.2 Å². The van der Waals surface area contributed by atoms with Crippen LogP contribution in [0.15, 0.2) is 0 Å². The molecular formula is C17H31NO2. The molecule has 20 heavy (non-hydrogen) atoms. The number of aliphatic carboxylic acids is 1. The Morgan fingerprint density at radius 1 is 1.00 bits per heavy atom. The van der Waals surface area contributed by atoms with E-state index in [0.717, 1.165) is 25.9 Å². The number of rotatable bonds is 2. The van der Waals surface area contributed by atoms with Crippen LogP contribution in [0.1, 0.15) is 66.7 Å². The molecule has 1 N–H and O–H groups in total. The zero-order valence-electron chi connectivity index (χ0n) is 13.8. The van der Waals surface area contributed by atoms with Gasteiger partial charge in [-0.25, -0.2) is 0 Å². The highest BCUT2D eigenvalue weighted by Crippen LogP contribution is 2.48. The van der Waals surface area contributed by atoms with Gasteiger partial charge in [-0.15, -0.1) is 0 Å². The van der Waals surface area contributed by atoms with E-state index in [1.807, 2.05) is 6.92 Å². The van der Waals surface area contributed by atoms with Crippen LogP contribution in [0.2, 0.25) is 0 Å². The van der Waals surface area contributed by atoms with Crippen LogP contribution >= 0.6 is 0 Å². The van der Waals surface area contributed by atoms with Gasteiger partial charge in [0, 0.05) is 6.04 Å². The summed E-state index contributed by atoms with van der Waals surface area (Å²) < 4.78 is 0. The number of likely N-dealkylation sites (tertiary alicyclic amines) is 1. The first-order chi connectivity index (χ1) is 9.03. The number of hydrogen-bond donors (Lipinski definition) is 1. The van der Waals surface area contributed by atoms with Gasteiger partial charge in [0.15, 0.2) is 0 Å². The van der Waals surface area contributed by atoms with E-state index in [-0.39, 0.29) is 0 Å². The first kappa shape index (κ1) is 15.8. The largest absolute Gasteiger partial charge is 0.481 e. The van der Waals surface area contributed by atoms with Crippen LogP contribution < -0.4 is 0 Å². The lowest BCUT2D eigenvalue weighted by atomic mass is 9.63. The number of carboxylic acid groups (broad SMARTS) is 1. The van der Waals surface area contributed by atoms with Crippen molar-refractivity contribution < 1.29 is 9.90 Å². The molecule has 1 saturated heterocycles. The monoisotopic (exact) mass is 281 g/mol. The van der Waals surface area contributed by atoms with E-state index in [4.69, 9.17) is 0 Å². The third-order valence-corrected chi connectivity index (χ3v) is 5.47. The fourth-order valence-electron chi connectivity index (χ4n) is 4.64. The molecule has 0 amide bonds. The van der Waals surface area contributed by atoms with Gasteiger partial charge in [-0.1, -0.05) is 27.7 Å². The van der Waals surface area contributed by atoms with E-state index in [1.165, 1.54) is 19.3 Å². The molecule has 0 aromatic rings. The van der Waals surface area contributed by atoms with E-state index in [9.17, 15) is 9.90 Å². The topological polar surface area (TPSA) is 40.5 Å². The van der Waals surface area contributed by atoms with Gasteiger partial charge >= 0.3 is 5.97 Å². The van der Waals surface area contributed by atoms with E-state index >= 15 is 0 Å². The summed E-state index contributed by atoms with van der Waals surface area (Å²) in [4.78, 5) is 13.9. The van der Waals surface area contributed by atoms with E-state index < -0.39 is 11.4 Å². The number of hydrogen-bond acceptors (Lipinski definition) is 2. The third-order valence-electron chi connectivity index (χ3n) is 5.47. The highest BCUT2D eigenvalue weighted by atomic mass is 16.4. The molecule has 1 heterocycles. The molecule has 0 spiro atoms. The fourth-order valence-corrected chi connectivity index (χ4v) is 4.64. The van der Waals surface area contributed by atoms with Crippen LogP contribution in [0.3, 0.4) is 0 Å². The molecule has 3 heteroatoms. The Morgan fingerprint density at radius 2 is 1.45 bits per heavy atom. The molecule has 3 nitrogen and oxygen atoms in total. The van der Waals surface area contributed by atoms with Gasteiger partial charge < -0.3 is 10.0 Å². The lowest BCUT2D eigenvalue weighted by Gasteiger charge is -2.50. The molecule has 0 atom stereocenters. The number of carboxylic acids is 1. The molecule has 1 aliphatic carbocycles. The number of piperidine rings is 1. The van der Waals surface area contributed by atoms with Gasteiger partial charge in [0.25, 0.3) is 0 Å². The van der Waals surface area contributed by atoms with Crippen LogP contribution in [0.4, 0.5) is 0 Å².